The van der Waals surface area contributed by atoms with Crippen molar-refractivity contribution >= 4 is 27.6 Å². The predicted molar refractivity (Wildman–Crippen MR) is 72.7 cm³/mol. The first kappa shape index (κ1) is 13.6. The Bertz CT molecular complexity index is 483. The van der Waals surface area contributed by atoms with Crippen LogP contribution in [0, 0.1) is 0 Å². The fourth-order valence-electron chi connectivity index (χ4n) is 1.72. The molecule has 0 amide bonds. The van der Waals surface area contributed by atoms with E-state index >= 15 is 0 Å². The lowest BCUT2D eigenvalue weighted by atomic mass is 10.2. The van der Waals surface area contributed by atoms with Crippen LogP contribution in [0.1, 0.15) is 12.8 Å². The number of hydrazine groups is 1. The summed E-state index contributed by atoms with van der Waals surface area (Å²) in [5.74, 6) is 6.72. The van der Waals surface area contributed by atoms with Gasteiger partial charge >= 0.3 is 0 Å². The molecule has 0 aliphatic carbocycles. The van der Waals surface area contributed by atoms with Gasteiger partial charge in [-0.15, -0.1) is 0 Å². The third kappa shape index (κ3) is 3.35. The summed E-state index contributed by atoms with van der Waals surface area (Å²) in [4.78, 5) is 4.04. The summed E-state index contributed by atoms with van der Waals surface area (Å²) >= 11 is 1.82. The number of anilines is 1. The third-order valence-electron chi connectivity index (χ3n) is 2.72. The van der Waals surface area contributed by atoms with Crippen molar-refractivity contribution < 1.29 is 8.42 Å². The number of sulfonamides is 1. The largest absolute Gasteiger partial charge is 0.308 e. The third-order valence-corrected chi connectivity index (χ3v) is 5.53. The zero-order chi connectivity index (χ0) is 13.0. The number of nitrogens with one attached hydrogen (secondary N) is 2. The van der Waals surface area contributed by atoms with Gasteiger partial charge in [0.2, 0.25) is 10.0 Å². The summed E-state index contributed by atoms with van der Waals surface area (Å²) in [6.07, 6.45) is 3.52. The minimum Gasteiger partial charge on any atom is -0.308 e. The van der Waals surface area contributed by atoms with Crippen molar-refractivity contribution in [1.29, 1.82) is 0 Å². The first-order chi connectivity index (χ1) is 8.62. The Morgan fingerprint density at radius 3 is 2.89 bits per heavy atom. The van der Waals surface area contributed by atoms with Crippen molar-refractivity contribution in [2.24, 2.45) is 5.84 Å². The average Bonchev–Trinajstić information content (AvgIpc) is 2.90. The monoisotopic (exact) mass is 288 g/mol. The summed E-state index contributed by atoms with van der Waals surface area (Å²) < 4.78 is 26.6. The molecule has 8 heteroatoms. The number of pyridine rings is 1. The van der Waals surface area contributed by atoms with E-state index in [-0.39, 0.29) is 4.90 Å². The van der Waals surface area contributed by atoms with E-state index in [1.807, 2.05) is 11.8 Å². The Balaban J connectivity index is 2.00. The van der Waals surface area contributed by atoms with Gasteiger partial charge < -0.3 is 5.43 Å². The standard InChI is InChI=1S/C10H16N4O2S2/c11-14-10-4-3-9(7-12-10)18(15,16)13-6-8-2-1-5-17-8/h3-4,7-8,13H,1-2,5-6,11H2,(H,12,14). The summed E-state index contributed by atoms with van der Waals surface area (Å²) in [6.45, 7) is 0.476. The Kier molecular flexibility index (Phi) is 4.44. The van der Waals surface area contributed by atoms with Gasteiger partial charge in [-0.1, -0.05) is 0 Å². The van der Waals surface area contributed by atoms with E-state index in [1.54, 1.807) is 0 Å². The lowest BCUT2D eigenvalue weighted by molar-refractivity contribution is 0.578. The molecular weight excluding hydrogens is 272 g/mol. The van der Waals surface area contributed by atoms with E-state index in [4.69, 9.17) is 5.84 Å². The lowest BCUT2D eigenvalue weighted by Gasteiger charge is -2.10. The molecule has 1 aliphatic rings. The van der Waals surface area contributed by atoms with Crippen molar-refractivity contribution in [2.75, 3.05) is 17.7 Å². The van der Waals surface area contributed by atoms with Gasteiger partial charge in [-0.25, -0.2) is 24.0 Å². The highest BCUT2D eigenvalue weighted by Crippen LogP contribution is 2.25. The Morgan fingerprint density at radius 2 is 2.33 bits per heavy atom. The van der Waals surface area contributed by atoms with Crippen molar-refractivity contribution in [1.82, 2.24) is 9.71 Å². The number of hydrogen-bond donors (Lipinski definition) is 3. The molecule has 0 spiro atoms. The smallest absolute Gasteiger partial charge is 0.242 e. The van der Waals surface area contributed by atoms with E-state index in [9.17, 15) is 8.42 Å². The van der Waals surface area contributed by atoms with Crippen LogP contribution >= 0.6 is 11.8 Å². The molecule has 2 rings (SSSR count). The number of rotatable bonds is 5. The SMILES string of the molecule is NNc1ccc(S(=O)(=O)NCC2CCCS2)cn1. The van der Waals surface area contributed by atoms with E-state index in [1.165, 1.54) is 18.3 Å². The van der Waals surface area contributed by atoms with Gasteiger partial charge in [-0.3, -0.25) is 0 Å². The minimum absolute atomic E-state index is 0.157. The molecule has 1 unspecified atom stereocenters. The maximum Gasteiger partial charge on any atom is 0.242 e. The molecule has 6 nitrogen and oxygen atoms in total. The highest BCUT2D eigenvalue weighted by atomic mass is 32.2. The summed E-state index contributed by atoms with van der Waals surface area (Å²) in [5, 5.41) is 0.387. The molecule has 1 saturated heterocycles. The predicted octanol–water partition coefficient (Wildman–Crippen LogP) is 0.541. The van der Waals surface area contributed by atoms with Gasteiger partial charge in [0.25, 0.3) is 0 Å². The zero-order valence-corrected chi connectivity index (χ0v) is 11.4. The summed E-state index contributed by atoms with van der Waals surface area (Å²) in [6, 6.07) is 3.01. The second kappa shape index (κ2) is 5.87. The van der Waals surface area contributed by atoms with Gasteiger partial charge in [-0.2, -0.15) is 11.8 Å². The van der Waals surface area contributed by atoms with E-state index < -0.39 is 10.0 Å². The van der Waals surface area contributed by atoms with E-state index in [0.29, 0.717) is 17.6 Å². The van der Waals surface area contributed by atoms with Gasteiger partial charge in [-0.05, 0) is 30.7 Å². The van der Waals surface area contributed by atoms with Crippen LogP contribution in [0.3, 0.4) is 0 Å². The van der Waals surface area contributed by atoms with Crippen LogP contribution in [-0.4, -0.2) is 30.9 Å². The summed E-state index contributed by atoms with van der Waals surface area (Å²) in [7, 11) is -3.47. The normalized spacial score (nSPS) is 19.9. The lowest BCUT2D eigenvalue weighted by Crippen LogP contribution is -2.30. The van der Waals surface area contributed by atoms with Gasteiger partial charge in [0, 0.05) is 18.0 Å². The molecule has 1 fully saturated rings. The van der Waals surface area contributed by atoms with Crippen LogP contribution in [0.2, 0.25) is 0 Å². The molecule has 100 valence electrons. The number of nitrogens with zero attached hydrogens (tertiary/aromatic N) is 1. The molecule has 4 N–H and O–H groups in total. The zero-order valence-electron chi connectivity index (χ0n) is 9.80. The fraction of sp³-hybridized carbons (Fsp3) is 0.500. The van der Waals surface area contributed by atoms with Crippen molar-refractivity contribution in [3.8, 4) is 0 Å². The number of aromatic nitrogens is 1. The average molecular weight is 288 g/mol. The molecule has 1 aromatic rings. The van der Waals surface area contributed by atoms with Crippen LogP contribution in [0.5, 0.6) is 0 Å². The molecular formula is C10H16N4O2S2. The fourth-order valence-corrected chi connectivity index (χ4v) is 4.05. The second-order valence-corrected chi connectivity index (χ2v) is 7.19. The minimum atomic E-state index is -3.47. The van der Waals surface area contributed by atoms with Crippen LogP contribution < -0.4 is 16.0 Å². The van der Waals surface area contributed by atoms with Gasteiger partial charge in [0.15, 0.2) is 0 Å². The number of hydrogen-bond acceptors (Lipinski definition) is 6. The second-order valence-electron chi connectivity index (χ2n) is 4.01. The Labute approximate surface area is 111 Å². The Hall–Kier alpha value is -0.830. The Morgan fingerprint density at radius 1 is 1.50 bits per heavy atom. The molecule has 0 radical (unpaired) electrons. The molecule has 2 heterocycles. The highest BCUT2D eigenvalue weighted by Gasteiger charge is 2.20. The first-order valence-electron chi connectivity index (χ1n) is 5.66. The number of thioether (sulfide) groups is 1. The molecule has 1 aromatic heterocycles. The van der Waals surface area contributed by atoms with E-state index in [0.717, 1.165) is 18.6 Å². The van der Waals surface area contributed by atoms with Gasteiger partial charge in [0.05, 0.1) is 0 Å². The molecule has 0 bridgehead atoms. The van der Waals surface area contributed by atoms with Crippen LogP contribution in [0.4, 0.5) is 5.82 Å². The molecule has 0 saturated carbocycles. The van der Waals surface area contributed by atoms with E-state index in [2.05, 4.69) is 15.1 Å². The molecule has 1 atom stereocenters. The van der Waals surface area contributed by atoms with Crippen LogP contribution in [-0.2, 0) is 10.0 Å². The molecule has 18 heavy (non-hydrogen) atoms. The van der Waals surface area contributed by atoms with Crippen molar-refractivity contribution in [3.63, 3.8) is 0 Å². The summed E-state index contributed by atoms with van der Waals surface area (Å²) in [5.41, 5.74) is 2.35. The van der Waals surface area contributed by atoms with Crippen molar-refractivity contribution in [2.45, 2.75) is 23.0 Å². The quantitative estimate of drug-likeness (QED) is 0.540. The van der Waals surface area contributed by atoms with Crippen molar-refractivity contribution in [3.05, 3.63) is 18.3 Å². The topological polar surface area (TPSA) is 97.1 Å². The highest BCUT2D eigenvalue weighted by molar-refractivity contribution is 8.00. The van der Waals surface area contributed by atoms with Crippen LogP contribution in [0.25, 0.3) is 0 Å². The maximum atomic E-state index is 12.0. The molecule has 0 aromatic carbocycles. The van der Waals surface area contributed by atoms with Crippen LogP contribution in [0.15, 0.2) is 23.2 Å². The maximum absolute atomic E-state index is 12.0. The molecule has 1 aliphatic heterocycles. The number of nitrogen functional groups attached to an aromatic ring is 1. The first-order valence-corrected chi connectivity index (χ1v) is 8.19. The van der Waals surface area contributed by atoms with Gasteiger partial charge in [0.1, 0.15) is 10.7 Å². The number of nitrogens with two attached hydrogens (primary N) is 1.